The number of carbonyl (C=O) groups excluding carboxylic acids is 1. The molecule has 1 aromatic heterocycles. The number of anilines is 1. The van der Waals surface area contributed by atoms with Gasteiger partial charge in [-0.3, -0.25) is 9.36 Å². The molecule has 0 saturated carbocycles. The first-order valence-corrected chi connectivity index (χ1v) is 10.6. The third-order valence-corrected chi connectivity index (χ3v) is 5.70. The van der Waals surface area contributed by atoms with Crippen LogP contribution in [0.3, 0.4) is 0 Å². The van der Waals surface area contributed by atoms with Crippen molar-refractivity contribution < 1.29 is 19.0 Å². The van der Waals surface area contributed by atoms with Crippen LogP contribution in [-0.2, 0) is 0 Å². The van der Waals surface area contributed by atoms with E-state index in [9.17, 15) is 4.79 Å². The van der Waals surface area contributed by atoms with E-state index in [0.29, 0.717) is 54.0 Å². The number of imidazole rings is 1. The molecule has 2 aromatic carbocycles. The molecule has 0 radical (unpaired) electrons. The number of aromatic nitrogens is 2. The highest BCUT2D eigenvalue weighted by atomic mass is 35.5. The van der Waals surface area contributed by atoms with Crippen LogP contribution in [0.2, 0.25) is 5.02 Å². The monoisotopic (exact) mass is 456 g/mol. The van der Waals surface area contributed by atoms with Crippen LogP contribution < -0.4 is 19.1 Å². The number of amides is 1. The number of methoxy groups -OCH3 is 3. The molecule has 1 aliphatic heterocycles. The molecule has 0 aliphatic carbocycles. The number of rotatable bonds is 6. The molecule has 1 saturated heterocycles. The number of hydrogen-bond acceptors (Lipinski definition) is 6. The lowest BCUT2D eigenvalue weighted by atomic mass is 10.1. The summed E-state index contributed by atoms with van der Waals surface area (Å²) in [4.78, 5) is 21.7. The number of piperazine rings is 1. The Morgan fingerprint density at radius 2 is 1.66 bits per heavy atom. The Bertz CT molecular complexity index is 1080. The highest BCUT2D eigenvalue weighted by molar-refractivity contribution is 6.30. The number of nitrogens with zero attached hydrogens (tertiary/aromatic N) is 4. The van der Waals surface area contributed by atoms with Gasteiger partial charge in [-0.05, 0) is 30.3 Å². The fraction of sp³-hybridized carbons (Fsp3) is 0.304. The van der Waals surface area contributed by atoms with Gasteiger partial charge >= 0.3 is 0 Å². The van der Waals surface area contributed by atoms with E-state index in [-0.39, 0.29) is 5.91 Å². The van der Waals surface area contributed by atoms with Crippen LogP contribution in [0.1, 0.15) is 10.4 Å². The van der Waals surface area contributed by atoms with Crippen molar-refractivity contribution in [1.82, 2.24) is 14.5 Å². The Morgan fingerprint density at radius 3 is 2.25 bits per heavy atom. The quantitative estimate of drug-likeness (QED) is 0.565. The average Bonchev–Trinajstić information content (AvgIpc) is 3.32. The molecule has 0 unspecified atom stereocenters. The number of ether oxygens (including phenoxy) is 3. The van der Waals surface area contributed by atoms with Gasteiger partial charge in [0.15, 0.2) is 11.5 Å². The van der Waals surface area contributed by atoms with Crippen molar-refractivity contribution >= 4 is 23.5 Å². The highest BCUT2D eigenvalue weighted by Gasteiger charge is 2.26. The van der Waals surface area contributed by atoms with Crippen LogP contribution >= 0.6 is 11.6 Å². The van der Waals surface area contributed by atoms with Crippen LogP contribution in [0.4, 0.5) is 5.95 Å². The summed E-state index contributed by atoms with van der Waals surface area (Å²) in [5, 5.41) is 0.669. The minimum Gasteiger partial charge on any atom is -0.493 e. The molecule has 1 aliphatic rings. The van der Waals surface area contributed by atoms with Crippen LogP contribution in [-0.4, -0.2) is 67.9 Å². The molecule has 1 amide bonds. The third-order valence-electron chi connectivity index (χ3n) is 5.47. The molecule has 1 fully saturated rings. The molecule has 2 heterocycles. The standard InChI is InChI=1S/C23H25ClN4O4/c1-30-19-13-16(14-20(31-2)21(19)32-3)22(29)26-9-11-27(12-10-26)23-25-7-8-28(23)18-6-4-5-17(24)15-18/h4-8,13-15H,9-12H2,1-3H3. The minimum absolute atomic E-state index is 0.0814. The number of benzene rings is 2. The first-order chi connectivity index (χ1) is 15.5. The highest BCUT2D eigenvalue weighted by Crippen LogP contribution is 2.38. The van der Waals surface area contributed by atoms with Gasteiger partial charge in [-0.15, -0.1) is 0 Å². The molecule has 0 N–H and O–H groups in total. The van der Waals surface area contributed by atoms with E-state index in [2.05, 4.69) is 9.88 Å². The maximum atomic E-state index is 13.2. The predicted octanol–water partition coefficient (Wildman–Crippen LogP) is 3.51. The third kappa shape index (κ3) is 4.18. The Hall–Kier alpha value is -3.39. The van der Waals surface area contributed by atoms with E-state index in [4.69, 9.17) is 25.8 Å². The Kier molecular flexibility index (Phi) is 6.41. The second-order valence-corrected chi connectivity index (χ2v) is 7.71. The van der Waals surface area contributed by atoms with Crippen molar-refractivity contribution in [2.24, 2.45) is 0 Å². The van der Waals surface area contributed by atoms with Crippen molar-refractivity contribution in [3.05, 3.63) is 59.4 Å². The first kappa shape index (κ1) is 21.8. The van der Waals surface area contributed by atoms with Gasteiger partial charge in [0.05, 0.1) is 21.3 Å². The smallest absolute Gasteiger partial charge is 0.254 e. The van der Waals surface area contributed by atoms with E-state index in [1.54, 1.807) is 18.3 Å². The van der Waals surface area contributed by atoms with Crippen molar-refractivity contribution in [3.63, 3.8) is 0 Å². The van der Waals surface area contributed by atoms with Crippen molar-refractivity contribution in [3.8, 4) is 22.9 Å². The second kappa shape index (κ2) is 9.40. The van der Waals surface area contributed by atoms with E-state index in [1.807, 2.05) is 39.9 Å². The van der Waals surface area contributed by atoms with Gasteiger partial charge in [0.25, 0.3) is 5.91 Å². The molecule has 0 atom stereocenters. The Labute approximate surface area is 191 Å². The summed E-state index contributed by atoms with van der Waals surface area (Å²) in [5.41, 5.74) is 1.44. The molecule has 0 bridgehead atoms. The summed E-state index contributed by atoms with van der Waals surface area (Å²) in [6.45, 7) is 2.46. The summed E-state index contributed by atoms with van der Waals surface area (Å²) in [6.07, 6.45) is 3.68. The Balaban J connectivity index is 1.49. The molecular weight excluding hydrogens is 432 g/mol. The minimum atomic E-state index is -0.0814. The topological polar surface area (TPSA) is 69.1 Å². The number of hydrogen-bond donors (Lipinski definition) is 0. The lowest BCUT2D eigenvalue weighted by Gasteiger charge is -2.35. The van der Waals surface area contributed by atoms with E-state index < -0.39 is 0 Å². The van der Waals surface area contributed by atoms with Crippen LogP contribution in [0.5, 0.6) is 17.2 Å². The summed E-state index contributed by atoms with van der Waals surface area (Å²) in [7, 11) is 4.60. The summed E-state index contributed by atoms with van der Waals surface area (Å²) in [5.74, 6) is 2.12. The molecule has 4 rings (SSSR count). The van der Waals surface area contributed by atoms with E-state index >= 15 is 0 Å². The van der Waals surface area contributed by atoms with Crippen LogP contribution in [0.15, 0.2) is 48.8 Å². The fourth-order valence-electron chi connectivity index (χ4n) is 3.85. The van der Waals surface area contributed by atoms with E-state index in [1.165, 1.54) is 21.3 Å². The van der Waals surface area contributed by atoms with Gasteiger partial charge in [-0.25, -0.2) is 4.98 Å². The number of carbonyl (C=O) groups is 1. The summed E-state index contributed by atoms with van der Waals surface area (Å²) >= 11 is 6.16. The van der Waals surface area contributed by atoms with E-state index in [0.717, 1.165) is 11.6 Å². The van der Waals surface area contributed by atoms with Gasteiger partial charge < -0.3 is 24.0 Å². The van der Waals surface area contributed by atoms with Gasteiger partial charge in [-0.1, -0.05) is 17.7 Å². The lowest BCUT2D eigenvalue weighted by Crippen LogP contribution is -2.49. The zero-order valence-electron chi connectivity index (χ0n) is 18.2. The van der Waals surface area contributed by atoms with Gasteiger partial charge in [0.2, 0.25) is 11.7 Å². The van der Waals surface area contributed by atoms with Gasteiger partial charge in [-0.2, -0.15) is 0 Å². The molecule has 9 heteroatoms. The van der Waals surface area contributed by atoms with Crippen molar-refractivity contribution in [2.75, 3.05) is 52.4 Å². The summed E-state index contributed by atoms with van der Waals surface area (Å²) < 4.78 is 18.1. The molecule has 168 valence electrons. The second-order valence-electron chi connectivity index (χ2n) is 7.27. The Morgan fingerprint density at radius 1 is 0.969 bits per heavy atom. The maximum absolute atomic E-state index is 13.2. The van der Waals surface area contributed by atoms with Crippen molar-refractivity contribution in [1.29, 1.82) is 0 Å². The molecular formula is C23H25ClN4O4. The zero-order valence-corrected chi connectivity index (χ0v) is 19.0. The normalized spacial score (nSPS) is 13.8. The van der Waals surface area contributed by atoms with Gasteiger partial charge in [0.1, 0.15) is 0 Å². The molecule has 32 heavy (non-hydrogen) atoms. The molecule has 0 spiro atoms. The molecule has 3 aromatic rings. The molecule has 8 nitrogen and oxygen atoms in total. The largest absolute Gasteiger partial charge is 0.493 e. The fourth-order valence-corrected chi connectivity index (χ4v) is 4.04. The van der Waals surface area contributed by atoms with Crippen molar-refractivity contribution in [2.45, 2.75) is 0 Å². The van der Waals surface area contributed by atoms with Gasteiger partial charge in [0, 0.05) is 54.8 Å². The van der Waals surface area contributed by atoms with Crippen LogP contribution in [0, 0.1) is 0 Å². The lowest BCUT2D eigenvalue weighted by molar-refractivity contribution is 0.0745. The number of halogens is 1. The predicted molar refractivity (Wildman–Crippen MR) is 123 cm³/mol. The van der Waals surface area contributed by atoms with Crippen LogP contribution in [0.25, 0.3) is 5.69 Å². The SMILES string of the molecule is COc1cc(C(=O)N2CCN(c3nccn3-c3cccc(Cl)c3)CC2)cc(OC)c1OC. The zero-order chi connectivity index (χ0) is 22.7. The summed E-state index contributed by atoms with van der Waals surface area (Å²) in [6, 6.07) is 11.0. The maximum Gasteiger partial charge on any atom is 0.254 e. The first-order valence-electron chi connectivity index (χ1n) is 10.2. The average molecular weight is 457 g/mol.